The van der Waals surface area contributed by atoms with Crippen LogP contribution in [0.25, 0.3) is 11.0 Å². The van der Waals surface area contributed by atoms with E-state index in [1.54, 1.807) is 18.2 Å². The summed E-state index contributed by atoms with van der Waals surface area (Å²) in [5.41, 5.74) is 3.22. The Morgan fingerprint density at radius 3 is 2.23 bits per heavy atom. The fraction of sp³-hybridized carbons (Fsp3) is 0.559. The number of imidazole rings is 1. The van der Waals surface area contributed by atoms with Gasteiger partial charge in [0.2, 0.25) is 11.9 Å². The highest BCUT2D eigenvalue weighted by molar-refractivity contribution is 6.39. The minimum absolute atomic E-state index is 0.0143. The molecule has 6 rings (SSSR count). The number of carbonyl (C=O) groups is 2. The molecule has 2 saturated carbocycles. The van der Waals surface area contributed by atoms with Gasteiger partial charge in [-0.15, -0.1) is 0 Å². The molecule has 3 fully saturated rings. The van der Waals surface area contributed by atoms with Crippen molar-refractivity contribution in [3.05, 3.63) is 45.4 Å². The summed E-state index contributed by atoms with van der Waals surface area (Å²) in [7, 11) is 1.86. The van der Waals surface area contributed by atoms with Gasteiger partial charge in [0.25, 0.3) is 5.91 Å². The number of fused-ring (bicyclic) bond motifs is 2. The number of hydrogen-bond donors (Lipinski definition) is 3. The molecule has 1 saturated heterocycles. The number of nitrogens with one attached hydrogen (secondary N) is 3. The van der Waals surface area contributed by atoms with Gasteiger partial charge in [0, 0.05) is 38.1 Å². The molecule has 3 N–H and O–H groups in total. The van der Waals surface area contributed by atoms with Crippen molar-refractivity contribution in [1.82, 2.24) is 20.2 Å². The van der Waals surface area contributed by atoms with E-state index in [9.17, 15) is 22.8 Å². The monoisotopic (exact) mass is 692 g/mol. The summed E-state index contributed by atoms with van der Waals surface area (Å²) in [5.74, 6) is -0.0559. The Bertz CT molecular complexity index is 1680. The minimum atomic E-state index is -4.20. The number of rotatable bonds is 7. The Hall–Kier alpha value is -3.18. The normalized spacial score (nSPS) is 23.0. The third kappa shape index (κ3) is 6.88. The van der Waals surface area contributed by atoms with Crippen LogP contribution in [0.3, 0.4) is 0 Å². The van der Waals surface area contributed by atoms with Crippen LogP contribution in [0.4, 0.5) is 30.5 Å². The van der Waals surface area contributed by atoms with Crippen LogP contribution >= 0.6 is 23.2 Å². The van der Waals surface area contributed by atoms with Crippen molar-refractivity contribution < 1.29 is 22.8 Å². The van der Waals surface area contributed by atoms with Gasteiger partial charge < -0.3 is 25.4 Å². The Kier molecular flexibility index (Phi) is 9.10. The molecule has 0 radical (unpaired) electrons. The topological polar surface area (TPSA) is 91.3 Å². The van der Waals surface area contributed by atoms with Crippen LogP contribution < -0.4 is 20.9 Å². The lowest BCUT2D eigenvalue weighted by atomic mass is 9.77. The molecular formula is C34H41Cl2F3N6O2. The van der Waals surface area contributed by atoms with Gasteiger partial charge in [0.05, 0.1) is 43.9 Å². The maximum Gasteiger partial charge on any atom is 0.391 e. The molecule has 3 aliphatic rings. The lowest BCUT2D eigenvalue weighted by molar-refractivity contribution is -0.182. The molecule has 0 bridgehead atoms. The quantitative estimate of drug-likeness (QED) is 0.234. The second kappa shape index (κ2) is 12.7. The Balaban J connectivity index is 1.28. The fourth-order valence-corrected chi connectivity index (χ4v) is 7.50. The van der Waals surface area contributed by atoms with Crippen LogP contribution in [0.2, 0.25) is 10.0 Å². The van der Waals surface area contributed by atoms with E-state index in [0.717, 1.165) is 24.3 Å². The second-order valence-corrected chi connectivity index (χ2v) is 15.2. The zero-order chi connectivity index (χ0) is 33.8. The minimum Gasteiger partial charge on any atom is -0.370 e. The van der Waals surface area contributed by atoms with Crippen molar-refractivity contribution in [3.8, 4) is 0 Å². The van der Waals surface area contributed by atoms with Crippen LogP contribution in [0.1, 0.15) is 75.2 Å². The number of carbonyl (C=O) groups excluding carboxylic acids is 2. The van der Waals surface area contributed by atoms with E-state index < -0.39 is 17.5 Å². The zero-order valence-corrected chi connectivity index (χ0v) is 28.5. The molecule has 2 unspecified atom stereocenters. The van der Waals surface area contributed by atoms with Crippen molar-refractivity contribution in [2.24, 2.45) is 30.2 Å². The first-order valence-corrected chi connectivity index (χ1v) is 17.0. The number of alkyl halides is 3. The first kappa shape index (κ1) is 33.7. The van der Waals surface area contributed by atoms with Crippen LogP contribution in [-0.4, -0.2) is 46.7 Å². The van der Waals surface area contributed by atoms with Gasteiger partial charge in [-0.05, 0) is 74.1 Å². The van der Waals surface area contributed by atoms with E-state index in [1.165, 1.54) is 12.8 Å². The third-order valence-electron chi connectivity index (χ3n) is 10.1. The predicted molar refractivity (Wildman–Crippen MR) is 179 cm³/mol. The smallest absolute Gasteiger partial charge is 0.370 e. The Morgan fingerprint density at radius 1 is 0.979 bits per heavy atom. The van der Waals surface area contributed by atoms with Crippen molar-refractivity contribution >= 4 is 63.4 Å². The number of hydrogen-bond acceptors (Lipinski definition) is 5. The van der Waals surface area contributed by atoms with Crippen molar-refractivity contribution in [1.29, 1.82) is 0 Å². The number of benzene rings is 2. The van der Waals surface area contributed by atoms with E-state index in [0.29, 0.717) is 63.0 Å². The largest absolute Gasteiger partial charge is 0.391 e. The molecule has 2 atom stereocenters. The molecule has 2 heterocycles. The van der Waals surface area contributed by atoms with Gasteiger partial charge in [-0.1, -0.05) is 50.0 Å². The van der Waals surface area contributed by atoms with Gasteiger partial charge in [0.1, 0.15) is 0 Å². The van der Waals surface area contributed by atoms with E-state index in [4.69, 9.17) is 28.2 Å². The predicted octanol–water partition coefficient (Wildman–Crippen LogP) is 7.98. The summed E-state index contributed by atoms with van der Waals surface area (Å²) in [6.45, 7) is 7.45. The molecule has 2 aliphatic carbocycles. The summed E-state index contributed by atoms with van der Waals surface area (Å²) in [6, 6.07) is 6.92. The van der Waals surface area contributed by atoms with Crippen LogP contribution in [0, 0.1) is 23.2 Å². The number of anilines is 3. The number of aryl methyl sites for hydroxylation is 1. The Morgan fingerprint density at radius 2 is 1.64 bits per heavy atom. The first-order valence-electron chi connectivity index (χ1n) is 16.3. The molecular weight excluding hydrogens is 652 g/mol. The van der Waals surface area contributed by atoms with Crippen molar-refractivity contribution in [3.63, 3.8) is 0 Å². The lowest BCUT2D eigenvalue weighted by Gasteiger charge is -2.30. The van der Waals surface area contributed by atoms with E-state index in [-0.39, 0.29) is 37.2 Å². The molecule has 1 aromatic heterocycles. The number of amides is 2. The lowest BCUT2D eigenvalue weighted by Crippen LogP contribution is -2.40. The van der Waals surface area contributed by atoms with Gasteiger partial charge in [-0.2, -0.15) is 13.2 Å². The van der Waals surface area contributed by atoms with Crippen molar-refractivity contribution in [2.75, 3.05) is 23.3 Å². The number of nitrogens with zero attached hydrogens (tertiary/aromatic N) is 3. The molecule has 3 aromatic rings. The zero-order valence-electron chi connectivity index (χ0n) is 27.0. The van der Waals surface area contributed by atoms with Crippen LogP contribution in [0.5, 0.6) is 0 Å². The highest BCUT2D eigenvalue weighted by Gasteiger charge is 2.42. The highest BCUT2D eigenvalue weighted by atomic mass is 35.5. The fourth-order valence-electron chi connectivity index (χ4n) is 6.97. The van der Waals surface area contributed by atoms with Crippen molar-refractivity contribution in [2.45, 2.75) is 78.1 Å². The van der Waals surface area contributed by atoms with Gasteiger partial charge in [0.15, 0.2) is 0 Å². The van der Waals surface area contributed by atoms with Gasteiger partial charge >= 0.3 is 6.18 Å². The average molecular weight is 694 g/mol. The maximum absolute atomic E-state index is 13.8. The third-order valence-corrected chi connectivity index (χ3v) is 10.9. The molecule has 2 aromatic carbocycles. The molecule has 13 heteroatoms. The van der Waals surface area contributed by atoms with E-state index in [2.05, 4.69) is 20.9 Å². The molecule has 1 aliphatic heterocycles. The van der Waals surface area contributed by atoms with Crippen LogP contribution in [-0.2, 0) is 18.4 Å². The van der Waals surface area contributed by atoms with Crippen LogP contribution in [0.15, 0.2) is 24.3 Å². The van der Waals surface area contributed by atoms with E-state index >= 15 is 0 Å². The second-order valence-electron chi connectivity index (χ2n) is 14.4. The summed E-state index contributed by atoms with van der Waals surface area (Å²) < 4.78 is 41.6. The molecule has 8 nitrogen and oxygen atoms in total. The highest BCUT2D eigenvalue weighted by Crippen LogP contribution is 2.44. The number of halogens is 5. The molecule has 254 valence electrons. The summed E-state index contributed by atoms with van der Waals surface area (Å²) in [6.07, 6.45) is -1.24. The summed E-state index contributed by atoms with van der Waals surface area (Å²) >= 11 is 13.4. The first-order chi connectivity index (χ1) is 22.1. The standard InChI is InChI=1S/C34H41Cl2F3N6O2/c1-33(2,3)31(47)40-15-18-7-12-24(35)29(28(18)36)43-32-42-25-13-23(30(46)41-22-10-8-21(9-11-22)34(37,38)39)26(14-27(25)44(32)4)45-16-19-5-6-20(19)17-45/h7,12-14,19-22H,5-6,8-11,15-17H2,1-4H3,(H,40,47)(H,41,46)(H,42,43)/t19?,20?,21-,22-. The number of aromatic nitrogens is 2. The summed E-state index contributed by atoms with van der Waals surface area (Å²) in [5, 5.41) is 9.95. The Labute approximate surface area is 282 Å². The van der Waals surface area contributed by atoms with Gasteiger partial charge in [-0.25, -0.2) is 4.98 Å². The van der Waals surface area contributed by atoms with Gasteiger partial charge in [-0.3, -0.25) is 9.59 Å². The molecule has 2 amide bonds. The molecule has 0 spiro atoms. The maximum atomic E-state index is 13.8. The SMILES string of the molecule is Cn1c(Nc2c(Cl)ccc(CNC(=O)C(C)(C)C)c2Cl)nc2cc(C(=O)N[C@H]3CC[C@H](C(F)(F)F)CC3)c(N3CC4CCC4C3)cc21. The average Bonchev–Trinajstić information content (AvgIpc) is 3.46. The van der Waals surface area contributed by atoms with E-state index in [1.807, 2.05) is 38.5 Å². The molecule has 47 heavy (non-hydrogen) atoms. The summed E-state index contributed by atoms with van der Waals surface area (Å²) in [4.78, 5) is 33.3.